The van der Waals surface area contributed by atoms with Crippen LogP contribution in [0.15, 0.2) is 39.9 Å². The number of fused-ring (bicyclic) bond motifs is 1. The molecule has 2 aliphatic heterocycles. The van der Waals surface area contributed by atoms with Crippen molar-refractivity contribution in [1.82, 2.24) is 23.7 Å². The van der Waals surface area contributed by atoms with Crippen molar-refractivity contribution in [3.8, 4) is 0 Å². The third kappa shape index (κ3) is 4.17. The van der Waals surface area contributed by atoms with Crippen LogP contribution in [0.1, 0.15) is 43.3 Å². The maximum atomic E-state index is 13.1. The molecule has 2 saturated heterocycles. The van der Waals surface area contributed by atoms with Gasteiger partial charge in [-0.3, -0.25) is 4.79 Å². The number of carbonyl (C=O) groups is 1. The van der Waals surface area contributed by atoms with Crippen molar-refractivity contribution in [3.63, 3.8) is 0 Å². The predicted octanol–water partition coefficient (Wildman–Crippen LogP) is 2.68. The number of amides is 1. The molecule has 33 heavy (non-hydrogen) atoms. The predicted molar refractivity (Wildman–Crippen MR) is 122 cm³/mol. The number of aromatic nitrogens is 3. The van der Waals surface area contributed by atoms with Gasteiger partial charge in [0.1, 0.15) is 11.3 Å². The minimum atomic E-state index is -3.63. The highest BCUT2D eigenvalue weighted by atomic mass is 32.2. The zero-order chi connectivity index (χ0) is 23.2. The Morgan fingerprint density at radius 3 is 2.36 bits per heavy atom. The van der Waals surface area contributed by atoms with E-state index >= 15 is 0 Å². The van der Waals surface area contributed by atoms with Gasteiger partial charge >= 0.3 is 0 Å². The minimum Gasteiger partial charge on any atom is -0.440 e. The Labute approximate surface area is 193 Å². The second kappa shape index (κ2) is 8.57. The number of para-hydroxylation sites is 2. The highest BCUT2D eigenvalue weighted by Gasteiger charge is 2.36. The maximum absolute atomic E-state index is 13.1. The lowest BCUT2D eigenvalue weighted by Gasteiger charge is -2.36. The normalized spacial score (nSPS) is 19.4. The van der Waals surface area contributed by atoms with E-state index in [1.165, 1.54) is 4.31 Å². The average molecular weight is 472 g/mol. The molecule has 1 amide bonds. The molecule has 10 heteroatoms. The maximum Gasteiger partial charge on any atom is 0.262 e. The standard InChI is InChI=1S/C23H29N5O4S/c1-16-24-21(15-26(16)2)33(30,31)28-13-9-18(10-14-28)23(29)27-11-7-17(8-12-27)22-25-19-5-3-4-6-20(19)32-22/h3-6,15,17-18H,7-14H2,1-2H3. The Kier molecular flexibility index (Phi) is 5.74. The van der Waals surface area contributed by atoms with Crippen molar-refractivity contribution in [2.24, 2.45) is 13.0 Å². The first-order valence-corrected chi connectivity index (χ1v) is 12.9. The van der Waals surface area contributed by atoms with Gasteiger partial charge in [0.05, 0.1) is 0 Å². The van der Waals surface area contributed by atoms with E-state index in [0.717, 1.165) is 29.8 Å². The Hall–Kier alpha value is -2.72. The fourth-order valence-corrected chi connectivity index (χ4v) is 6.29. The summed E-state index contributed by atoms with van der Waals surface area (Å²) in [5.74, 6) is 1.63. The second-order valence-corrected chi connectivity index (χ2v) is 10.9. The van der Waals surface area contributed by atoms with Crippen molar-refractivity contribution in [3.05, 3.63) is 42.2 Å². The van der Waals surface area contributed by atoms with E-state index in [1.807, 2.05) is 29.2 Å². The second-order valence-electron chi connectivity index (χ2n) is 9.04. The van der Waals surface area contributed by atoms with E-state index < -0.39 is 10.0 Å². The molecule has 0 N–H and O–H groups in total. The fourth-order valence-electron chi connectivity index (χ4n) is 4.80. The van der Waals surface area contributed by atoms with Gasteiger partial charge in [0, 0.05) is 51.3 Å². The van der Waals surface area contributed by atoms with E-state index in [1.54, 1.807) is 24.7 Å². The van der Waals surface area contributed by atoms with Gasteiger partial charge in [-0.05, 0) is 44.7 Å². The van der Waals surface area contributed by atoms with Crippen LogP contribution >= 0.6 is 0 Å². The first-order valence-electron chi connectivity index (χ1n) is 11.5. The molecule has 2 aromatic heterocycles. The molecule has 3 aromatic rings. The van der Waals surface area contributed by atoms with E-state index in [2.05, 4.69) is 9.97 Å². The molecule has 2 aliphatic rings. The number of rotatable bonds is 4. The van der Waals surface area contributed by atoms with Gasteiger partial charge in [0.15, 0.2) is 16.5 Å². The summed E-state index contributed by atoms with van der Waals surface area (Å²) in [5, 5.41) is 0.0774. The number of sulfonamides is 1. The summed E-state index contributed by atoms with van der Waals surface area (Å²) < 4.78 is 34.9. The minimum absolute atomic E-state index is 0.0774. The first-order chi connectivity index (χ1) is 15.8. The Morgan fingerprint density at radius 2 is 1.73 bits per heavy atom. The van der Waals surface area contributed by atoms with Crippen LogP contribution in [0.5, 0.6) is 0 Å². The lowest BCUT2D eigenvalue weighted by Crippen LogP contribution is -2.46. The van der Waals surface area contributed by atoms with E-state index in [0.29, 0.717) is 44.8 Å². The third-order valence-electron chi connectivity index (χ3n) is 6.96. The molecule has 176 valence electrons. The summed E-state index contributed by atoms with van der Waals surface area (Å²) in [4.78, 5) is 23.8. The van der Waals surface area contributed by atoms with Crippen LogP contribution in [0.25, 0.3) is 11.1 Å². The molecular formula is C23H29N5O4S. The van der Waals surface area contributed by atoms with Gasteiger partial charge in [-0.15, -0.1) is 0 Å². The van der Waals surface area contributed by atoms with Crippen molar-refractivity contribution in [1.29, 1.82) is 0 Å². The van der Waals surface area contributed by atoms with Crippen LogP contribution in [-0.4, -0.2) is 64.2 Å². The molecule has 0 aliphatic carbocycles. The van der Waals surface area contributed by atoms with E-state index in [-0.39, 0.29) is 22.8 Å². The number of imidazole rings is 1. The fraction of sp³-hybridized carbons (Fsp3) is 0.522. The monoisotopic (exact) mass is 471 g/mol. The highest BCUT2D eigenvalue weighted by molar-refractivity contribution is 7.89. The zero-order valence-electron chi connectivity index (χ0n) is 19.0. The third-order valence-corrected chi connectivity index (χ3v) is 8.73. The van der Waals surface area contributed by atoms with Gasteiger partial charge in [-0.2, -0.15) is 4.31 Å². The van der Waals surface area contributed by atoms with Crippen molar-refractivity contribution in [2.75, 3.05) is 26.2 Å². The molecule has 0 saturated carbocycles. The molecule has 4 heterocycles. The van der Waals surface area contributed by atoms with Crippen LogP contribution < -0.4 is 0 Å². The summed E-state index contributed by atoms with van der Waals surface area (Å²) in [6.45, 7) is 3.81. The SMILES string of the molecule is Cc1nc(S(=O)(=O)N2CCC(C(=O)N3CCC(c4nc5ccccc5o4)CC3)CC2)cn1C. The number of piperidine rings is 2. The number of aryl methyl sites for hydroxylation is 2. The summed E-state index contributed by atoms with van der Waals surface area (Å²) >= 11 is 0. The summed E-state index contributed by atoms with van der Waals surface area (Å²) in [6, 6.07) is 7.75. The number of carbonyl (C=O) groups excluding carboxylic acids is 1. The van der Waals surface area contributed by atoms with Crippen molar-refractivity contribution in [2.45, 2.75) is 43.6 Å². The summed E-state index contributed by atoms with van der Waals surface area (Å²) in [7, 11) is -1.85. The molecule has 0 atom stereocenters. The topological polar surface area (TPSA) is 102 Å². The lowest BCUT2D eigenvalue weighted by atomic mass is 9.92. The van der Waals surface area contributed by atoms with Crippen LogP contribution in [0.2, 0.25) is 0 Å². The molecule has 1 aromatic carbocycles. The molecular weight excluding hydrogens is 442 g/mol. The molecule has 0 radical (unpaired) electrons. The van der Waals surface area contributed by atoms with Gasteiger partial charge in [0.2, 0.25) is 5.91 Å². The number of nitrogens with zero attached hydrogens (tertiary/aromatic N) is 5. The van der Waals surface area contributed by atoms with Crippen LogP contribution in [0.4, 0.5) is 0 Å². The summed E-state index contributed by atoms with van der Waals surface area (Å²) in [5.41, 5.74) is 1.67. The molecule has 0 bridgehead atoms. The van der Waals surface area contributed by atoms with Crippen molar-refractivity contribution < 1.29 is 17.6 Å². The largest absolute Gasteiger partial charge is 0.440 e. The van der Waals surface area contributed by atoms with Crippen LogP contribution in [-0.2, 0) is 21.9 Å². The molecule has 2 fully saturated rings. The van der Waals surface area contributed by atoms with Gasteiger partial charge in [-0.1, -0.05) is 12.1 Å². The lowest BCUT2D eigenvalue weighted by molar-refractivity contribution is -0.137. The van der Waals surface area contributed by atoms with E-state index in [4.69, 9.17) is 4.42 Å². The molecule has 0 spiro atoms. The molecule has 0 unspecified atom stereocenters. The number of oxazole rings is 1. The van der Waals surface area contributed by atoms with Gasteiger partial charge < -0.3 is 13.9 Å². The van der Waals surface area contributed by atoms with E-state index in [9.17, 15) is 13.2 Å². The van der Waals surface area contributed by atoms with Crippen LogP contribution in [0.3, 0.4) is 0 Å². The summed E-state index contributed by atoms with van der Waals surface area (Å²) in [6.07, 6.45) is 4.27. The first kappa shape index (κ1) is 22.1. The number of likely N-dealkylation sites (tertiary alicyclic amines) is 1. The smallest absolute Gasteiger partial charge is 0.262 e. The number of hydrogen-bond acceptors (Lipinski definition) is 6. The Bertz CT molecular complexity index is 1210. The van der Waals surface area contributed by atoms with Crippen LogP contribution in [0, 0.1) is 12.8 Å². The molecule has 9 nitrogen and oxygen atoms in total. The van der Waals surface area contributed by atoms with Gasteiger partial charge in [-0.25, -0.2) is 18.4 Å². The van der Waals surface area contributed by atoms with Gasteiger partial charge in [0.25, 0.3) is 10.0 Å². The Balaban J connectivity index is 1.16. The highest BCUT2D eigenvalue weighted by Crippen LogP contribution is 2.32. The average Bonchev–Trinajstić information content (AvgIpc) is 3.42. The zero-order valence-corrected chi connectivity index (χ0v) is 19.8. The quantitative estimate of drug-likeness (QED) is 0.580. The van der Waals surface area contributed by atoms with Crippen molar-refractivity contribution >= 4 is 27.0 Å². The molecule has 5 rings (SSSR count). The number of hydrogen-bond donors (Lipinski definition) is 0. The Morgan fingerprint density at radius 1 is 1.03 bits per heavy atom. The number of benzene rings is 1.